The number of rotatable bonds is 5. The summed E-state index contributed by atoms with van der Waals surface area (Å²) in [6.45, 7) is 3.43. The van der Waals surface area contributed by atoms with Gasteiger partial charge in [0.2, 0.25) is 0 Å². The summed E-state index contributed by atoms with van der Waals surface area (Å²) < 4.78 is 33.8. The van der Waals surface area contributed by atoms with E-state index in [4.69, 9.17) is 9.90 Å². The quantitative estimate of drug-likeness (QED) is 0.633. The highest BCUT2D eigenvalue weighted by Crippen LogP contribution is 2.27. The minimum absolute atomic E-state index is 0.0475. The third kappa shape index (κ3) is 6.04. The van der Waals surface area contributed by atoms with Crippen LogP contribution < -0.4 is 5.32 Å². The predicted molar refractivity (Wildman–Crippen MR) is 108 cm³/mol. The second kappa shape index (κ2) is 9.72. The Balaban J connectivity index is 0.000000396. The highest BCUT2D eigenvalue weighted by Gasteiger charge is 2.38. The van der Waals surface area contributed by atoms with Gasteiger partial charge < -0.3 is 19.7 Å². The van der Waals surface area contributed by atoms with Crippen LogP contribution in [-0.4, -0.2) is 64.6 Å². The lowest BCUT2D eigenvalue weighted by Gasteiger charge is -2.10. The van der Waals surface area contributed by atoms with Gasteiger partial charge in [-0.05, 0) is 39.2 Å². The lowest BCUT2D eigenvalue weighted by molar-refractivity contribution is -0.192. The molecule has 3 rings (SSSR count). The molecule has 0 atom stereocenters. The van der Waals surface area contributed by atoms with Gasteiger partial charge in [0.1, 0.15) is 0 Å². The Kier molecular flexibility index (Phi) is 7.57. The molecule has 0 radical (unpaired) electrons. The minimum Gasteiger partial charge on any atom is -0.475 e. The van der Waals surface area contributed by atoms with Gasteiger partial charge in [-0.1, -0.05) is 6.07 Å². The Bertz CT molecular complexity index is 1030. The average Bonchev–Trinajstić information content (AvgIpc) is 3.24. The van der Waals surface area contributed by atoms with Crippen molar-refractivity contribution in [3.8, 4) is 11.4 Å². The van der Waals surface area contributed by atoms with E-state index in [0.717, 1.165) is 28.5 Å². The van der Waals surface area contributed by atoms with Crippen molar-refractivity contribution >= 4 is 28.7 Å². The summed E-state index contributed by atoms with van der Waals surface area (Å²) >= 11 is 1.61. The van der Waals surface area contributed by atoms with E-state index in [1.807, 2.05) is 66.2 Å². The highest BCUT2D eigenvalue weighted by atomic mass is 32.1. The molecule has 3 heterocycles. The number of hydrogen-bond acceptors (Lipinski definition) is 5. The van der Waals surface area contributed by atoms with Crippen LogP contribution >= 0.6 is 11.3 Å². The van der Waals surface area contributed by atoms with E-state index in [1.54, 1.807) is 11.3 Å². The number of carbonyl (C=O) groups is 2. The van der Waals surface area contributed by atoms with Crippen LogP contribution in [0.15, 0.2) is 35.8 Å². The molecular formula is C19H21F3N4O3S. The number of carboxylic acid groups (broad SMARTS) is 1. The van der Waals surface area contributed by atoms with Crippen LogP contribution in [0.5, 0.6) is 0 Å². The fourth-order valence-corrected chi connectivity index (χ4v) is 3.11. The Morgan fingerprint density at radius 3 is 2.50 bits per heavy atom. The second-order valence-electron chi connectivity index (χ2n) is 6.51. The van der Waals surface area contributed by atoms with Crippen LogP contribution in [0.2, 0.25) is 0 Å². The fraction of sp³-hybridized carbons (Fsp3) is 0.316. The number of carbonyl (C=O) groups excluding carboxylic acids is 1. The molecule has 0 aliphatic carbocycles. The van der Waals surface area contributed by atoms with E-state index in [2.05, 4.69) is 10.3 Å². The molecule has 0 spiro atoms. The van der Waals surface area contributed by atoms with Gasteiger partial charge >= 0.3 is 12.1 Å². The largest absolute Gasteiger partial charge is 0.490 e. The molecule has 0 aliphatic heterocycles. The van der Waals surface area contributed by atoms with Gasteiger partial charge in [0.15, 0.2) is 0 Å². The van der Waals surface area contributed by atoms with Gasteiger partial charge in [-0.2, -0.15) is 13.2 Å². The molecule has 3 aromatic rings. The minimum atomic E-state index is -5.08. The van der Waals surface area contributed by atoms with E-state index in [9.17, 15) is 18.0 Å². The summed E-state index contributed by atoms with van der Waals surface area (Å²) in [6.07, 6.45) is -3.12. The van der Waals surface area contributed by atoms with Crippen LogP contribution in [0.4, 0.5) is 13.2 Å². The summed E-state index contributed by atoms with van der Waals surface area (Å²) in [5.41, 5.74) is 3.43. The molecule has 1 amide bonds. The zero-order valence-corrected chi connectivity index (χ0v) is 17.3. The number of nitrogens with one attached hydrogen (secondary N) is 1. The first-order chi connectivity index (χ1) is 14.0. The average molecular weight is 442 g/mol. The zero-order valence-electron chi connectivity index (χ0n) is 16.5. The summed E-state index contributed by atoms with van der Waals surface area (Å²) in [4.78, 5) is 28.0. The molecule has 7 nitrogen and oxygen atoms in total. The molecule has 30 heavy (non-hydrogen) atoms. The van der Waals surface area contributed by atoms with E-state index < -0.39 is 12.1 Å². The van der Waals surface area contributed by atoms with Crippen LogP contribution in [-0.2, 0) is 4.79 Å². The second-order valence-corrected chi connectivity index (χ2v) is 7.58. The van der Waals surface area contributed by atoms with E-state index in [0.29, 0.717) is 12.1 Å². The van der Waals surface area contributed by atoms with E-state index >= 15 is 0 Å². The molecule has 0 saturated carbocycles. The van der Waals surface area contributed by atoms with Crippen molar-refractivity contribution in [3.63, 3.8) is 0 Å². The van der Waals surface area contributed by atoms with Crippen LogP contribution in [0, 0.1) is 6.92 Å². The number of fused-ring (bicyclic) bond motifs is 1. The molecule has 0 aliphatic rings. The molecule has 0 saturated heterocycles. The maximum Gasteiger partial charge on any atom is 0.490 e. The predicted octanol–water partition coefficient (Wildman–Crippen LogP) is 3.30. The van der Waals surface area contributed by atoms with Crippen molar-refractivity contribution < 1.29 is 27.9 Å². The van der Waals surface area contributed by atoms with Crippen molar-refractivity contribution in [1.82, 2.24) is 19.6 Å². The Morgan fingerprint density at radius 2 is 1.97 bits per heavy atom. The number of alkyl halides is 3. The summed E-state index contributed by atoms with van der Waals surface area (Å²) in [5, 5.41) is 13.1. The monoisotopic (exact) mass is 442 g/mol. The molecule has 162 valence electrons. The number of halogens is 3. The topological polar surface area (TPSA) is 86.9 Å². The number of likely N-dealkylation sites (N-methyl/N-ethyl adjacent to an activating group) is 1. The lowest BCUT2D eigenvalue weighted by atomic mass is 10.2. The SMILES string of the molecule is Cc1nc(-c2cc(C(=O)NCCN(C)C)c3ccccn23)cs1.O=C(O)C(F)(F)F. The highest BCUT2D eigenvalue weighted by molar-refractivity contribution is 7.09. The Labute approximate surface area is 174 Å². The van der Waals surface area contributed by atoms with Gasteiger partial charge in [-0.25, -0.2) is 9.78 Å². The molecule has 3 aromatic heterocycles. The van der Waals surface area contributed by atoms with Gasteiger partial charge in [-0.15, -0.1) is 11.3 Å². The number of aliphatic carboxylic acids is 1. The number of amides is 1. The van der Waals surface area contributed by atoms with Crippen LogP contribution in [0.3, 0.4) is 0 Å². The van der Waals surface area contributed by atoms with Crippen molar-refractivity contribution in [2.45, 2.75) is 13.1 Å². The molecule has 11 heteroatoms. The molecule has 0 unspecified atom stereocenters. The molecule has 0 aromatic carbocycles. The van der Waals surface area contributed by atoms with Crippen molar-refractivity contribution in [2.75, 3.05) is 27.2 Å². The molecule has 2 N–H and O–H groups in total. The molecule has 0 fully saturated rings. The maximum absolute atomic E-state index is 12.5. The maximum atomic E-state index is 12.5. The van der Waals surface area contributed by atoms with Crippen molar-refractivity contribution in [3.05, 3.63) is 46.4 Å². The van der Waals surface area contributed by atoms with E-state index in [-0.39, 0.29) is 5.91 Å². The zero-order chi connectivity index (χ0) is 22.5. The third-order valence-corrected chi connectivity index (χ3v) is 4.66. The van der Waals surface area contributed by atoms with Gasteiger partial charge in [0.25, 0.3) is 5.91 Å². The van der Waals surface area contributed by atoms with Gasteiger partial charge in [-0.3, -0.25) is 4.79 Å². The third-order valence-electron chi connectivity index (χ3n) is 3.89. The summed E-state index contributed by atoms with van der Waals surface area (Å²) in [7, 11) is 3.98. The Morgan fingerprint density at radius 1 is 1.30 bits per heavy atom. The van der Waals surface area contributed by atoms with Crippen LogP contribution in [0.1, 0.15) is 15.4 Å². The van der Waals surface area contributed by atoms with Crippen LogP contribution in [0.25, 0.3) is 16.9 Å². The van der Waals surface area contributed by atoms with Gasteiger partial charge in [0.05, 0.1) is 27.5 Å². The standard InChI is InChI=1S/C17H20N4OS.C2HF3O2/c1-12-19-14(11-23-12)16-10-13(15-6-4-5-8-21(15)16)17(22)18-7-9-20(2)3;3-2(4,5)1(6)7/h4-6,8,10-11H,7,9H2,1-3H3,(H,18,22);(H,6,7). The number of aryl methyl sites for hydroxylation is 1. The van der Waals surface area contributed by atoms with Crippen molar-refractivity contribution in [2.24, 2.45) is 0 Å². The first-order valence-corrected chi connectivity index (χ1v) is 9.64. The first-order valence-electron chi connectivity index (χ1n) is 8.76. The first kappa shape index (κ1) is 23.4. The number of nitrogens with zero attached hydrogens (tertiary/aromatic N) is 3. The smallest absolute Gasteiger partial charge is 0.475 e. The molecular weight excluding hydrogens is 421 g/mol. The number of aromatic nitrogens is 2. The number of carboxylic acids is 1. The lowest BCUT2D eigenvalue weighted by Crippen LogP contribution is -2.31. The molecule has 0 bridgehead atoms. The number of pyridine rings is 1. The van der Waals surface area contributed by atoms with Crippen molar-refractivity contribution in [1.29, 1.82) is 0 Å². The summed E-state index contributed by atoms with van der Waals surface area (Å²) in [5.74, 6) is -2.80. The Hall–Kier alpha value is -2.92. The normalized spacial score (nSPS) is 11.3. The summed E-state index contributed by atoms with van der Waals surface area (Å²) in [6, 6.07) is 7.80. The fourth-order valence-electron chi connectivity index (χ4n) is 2.50. The van der Waals surface area contributed by atoms with E-state index in [1.165, 1.54) is 0 Å². The number of hydrogen-bond donors (Lipinski definition) is 2. The number of thiazole rings is 1. The van der Waals surface area contributed by atoms with Gasteiger partial charge in [0, 0.05) is 24.7 Å².